The maximum Gasteiger partial charge on any atom is 0.410 e. The van der Waals surface area contributed by atoms with Crippen LogP contribution in [0.2, 0.25) is 0 Å². The molecule has 2 atom stereocenters. The molecule has 1 N–H and O–H groups in total. The van der Waals surface area contributed by atoms with Gasteiger partial charge in [0.15, 0.2) is 0 Å². The van der Waals surface area contributed by atoms with Crippen LogP contribution in [0, 0.1) is 0 Å². The molecule has 0 radical (unpaired) electrons. The van der Waals surface area contributed by atoms with Gasteiger partial charge in [0, 0.05) is 13.0 Å². The first-order chi connectivity index (χ1) is 9.24. The third kappa shape index (κ3) is 2.41. The van der Waals surface area contributed by atoms with Gasteiger partial charge in [0.1, 0.15) is 6.61 Å². The first kappa shape index (κ1) is 12.0. The van der Waals surface area contributed by atoms with Crippen molar-refractivity contribution in [3.05, 3.63) is 35.9 Å². The monoisotopic (exact) mass is 260 g/mol. The number of rotatable bonds is 2. The average molecular weight is 260 g/mol. The van der Waals surface area contributed by atoms with Gasteiger partial charge >= 0.3 is 6.09 Å². The molecular formula is C14H16N2O3. The van der Waals surface area contributed by atoms with Crippen LogP contribution in [0.3, 0.4) is 0 Å². The predicted octanol–water partition coefficient (Wildman–Crippen LogP) is 1.29. The van der Waals surface area contributed by atoms with Crippen molar-refractivity contribution in [3.63, 3.8) is 0 Å². The molecule has 2 saturated heterocycles. The molecular weight excluding hydrogens is 244 g/mol. The van der Waals surface area contributed by atoms with Crippen LogP contribution in [0.15, 0.2) is 30.3 Å². The van der Waals surface area contributed by atoms with E-state index in [0.717, 1.165) is 12.0 Å². The molecule has 5 heteroatoms. The van der Waals surface area contributed by atoms with Gasteiger partial charge in [-0.05, 0) is 12.0 Å². The summed E-state index contributed by atoms with van der Waals surface area (Å²) in [6, 6.07) is 9.66. The molecule has 2 amide bonds. The van der Waals surface area contributed by atoms with Crippen molar-refractivity contribution in [2.45, 2.75) is 31.5 Å². The van der Waals surface area contributed by atoms with Gasteiger partial charge in [0.05, 0.1) is 12.1 Å². The van der Waals surface area contributed by atoms with E-state index in [1.54, 1.807) is 4.90 Å². The summed E-state index contributed by atoms with van der Waals surface area (Å²) in [5.41, 5.74) is 0.965. The molecule has 1 aromatic carbocycles. The number of ether oxygens (including phenoxy) is 1. The van der Waals surface area contributed by atoms with Crippen LogP contribution in [0.4, 0.5) is 4.79 Å². The summed E-state index contributed by atoms with van der Waals surface area (Å²) < 4.78 is 5.30. The van der Waals surface area contributed by atoms with E-state index in [1.165, 1.54) is 0 Å². The molecule has 0 aliphatic carbocycles. The molecule has 0 bridgehead atoms. The van der Waals surface area contributed by atoms with Crippen LogP contribution in [-0.2, 0) is 16.1 Å². The molecule has 0 spiro atoms. The highest BCUT2D eigenvalue weighted by Crippen LogP contribution is 2.26. The zero-order valence-corrected chi connectivity index (χ0v) is 10.5. The topological polar surface area (TPSA) is 58.6 Å². The van der Waals surface area contributed by atoms with Crippen LogP contribution in [0.1, 0.15) is 18.4 Å². The van der Waals surface area contributed by atoms with Crippen molar-refractivity contribution in [1.29, 1.82) is 0 Å². The zero-order chi connectivity index (χ0) is 13.2. The van der Waals surface area contributed by atoms with Gasteiger partial charge in [0.25, 0.3) is 0 Å². The fourth-order valence-corrected chi connectivity index (χ4v) is 2.76. The first-order valence-corrected chi connectivity index (χ1v) is 6.51. The van der Waals surface area contributed by atoms with Crippen molar-refractivity contribution < 1.29 is 14.3 Å². The molecule has 2 aliphatic rings. The minimum Gasteiger partial charge on any atom is -0.445 e. The number of carbonyl (C=O) groups excluding carboxylic acids is 2. The Morgan fingerprint density at radius 1 is 1.37 bits per heavy atom. The number of nitrogens with one attached hydrogen (secondary N) is 1. The zero-order valence-electron chi connectivity index (χ0n) is 10.5. The Labute approximate surface area is 111 Å². The van der Waals surface area contributed by atoms with E-state index in [4.69, 9.17) is 4.74 Å². The highest BCUT2D eigenvalue weighted by molar-refractivity contribution is 5.81. The van der Waals surface area contributed by atoms with Gasteiger partial charge < -0.3 is 15.0 Å². The van der Waals surface area contributed by atoms with E-state index in [2.05, 4.69) is 5.32 Å². The minimum absolute atomic E-state index is 0.0237. The number of benzene rings is 1. The second-order valence-electron chi connectivity index (χ2n) is 4.97. The maximum atomic E-state index is 12.0. The highest BCUT2D eigenvalue weighted by Gasteiger charge is 2.44. The number of hydrogen-bond donors (Lipinski definition) is 1. The van der Waals surface area contributed by atoms with Gasteiger partial charge in [-0.1, -0.05) is 30.3 Å². The molecule has 0 saturated carbocycles. The fourth-order valence-electron chi connectivity index (χ4n) is 2.76. The van der Waals surface area contributed by atoms with Crippen LogP contribution in [-0.4, -0.2) is 35.5 Å². The van der Waals surface area contributed by atoms with E-state index >= 15 is 0 Å². The molecule has 2 aliphatic heterocycles. The lowest BCUT2D eigenvalue weighted by molar-refractivity contribution is -0.119. The molecule has 2 fully saturated rings. The number of carbonyl (C=O) groups is 2. The summed E-state index contributed by atoms with van der Waals surface area (Å²) in [5.74, 6) is 0.0237. The Hall–Kier alpha value is -2.04. The Kier molecular flexibility index (Phi) is 3.11. The van der Waals surface area contributed by atoms with Gasteiger partial charge in [-0.25, -0.2) is 4.79 Å². The lowest BCUT2D eigenvalue weighted by Gasteiger charge is -2.21. The second-order valence-corrected chi connectivity index (χ2v) is 4.97. The van der Waals surface area contributed by atoms with E-state index < -0.39 is 0 Å². The largest absolute Gasteiger partial charge is 0.445 e. The second kappa shape index (κ2) is 4.91. The molecule has 19 heavy (non-hydrogen) atoms. The van der Waals surface area contributed by atoms with Gasteiger partial charge in [-0.15, -0.1) is 0 Å². The normalized spacial score (nSPS) is 25.1. The van der Waals surface area contributed by atoms with Crippen molar-refractivity contribution >= 4 is 12.0 Å². The van der Waals surface area contributed by atoms with Gasteiger partial charge in [-0.3, -0.25) is 4.79 Å². The lowest BCUT2D eigenvalue weighted by atomic mass is 10.1. The number of fused-ring (bicyclic) bond motifs is 1. The molecule has 0 unspecified atom stereocenters. The fraction of sp³-hybridized carbons (Fsp3) is 0.429. The first-order valence-electron chi connectivity index (χ1n) is 6.51. The Balaban J connectivity index is 1.58. The van der Waals surface area contributed by atoms with E-state index in [-0.39, 0.29) is 30.7 Å². The number of hydrogen-bond acceptors (Lipinski definition) is 3. The Morgan fingerprint density at radius 3 is 2.95 bits per heavy atom. The minimum atomic E-state index is -0.326. The SMILES string of the molecule is O=C1C[C@@H]2[C@@H](CCN2C(=O)OCc2ccccc2)N1. The average Bonchev–Trinajstić information content (AvgIpc) is 2.96. The number of likely N-dealkylation sites (tertiary alicyclic amines) is 1. The number of amides is 2. The van der Waals surface area contributed by atoms with Crippen LogP contribution in [0.25, 0.3) is 0 Å². The molecule has 100 valence electrons. The molecule has 5 nitrogen and oxygen atoms in total. The van der Waals surface area contributed by atoms with Gasteiger partial charge in [-0.2, -0.15) is 0 Å². The van der Waals surface area contributed by atoms with Crippen molar-refractivity contribution in [3.8, 4) is 0 Å². The van der Waals surface area contributed by atoms with Crippen LogP contribution >= 0.6 is 0 Å². The Bertz CT molecular complexity index is 489. The van der Waals surface area contributed by atoms with Crippen LogP contribution in [0.5, 0.6) is 0 Å². The van der Waals surface area contributed by atoms with Crippen molar-refractivity contribution in [2.24, 2.45) is 0 Å². The van der Waals surface area contributed by atoms with E-state index in [1.807, 2.05) is 30.3 Å². The van der Waals surface area contributed by atoms with E-state index in [9.17, 15) is 9.59 Å². The molecule has 2 heterocycles. The summed E-state index contributed by atoms with van der Waals surface area (Å²) in [7, 11) is 0. The summed E-state index contributed by atoms with van der Waals surface area (Å²) in [6.07, 6.45) is 0.884. The third-order valence-electron chi connectivity index (χ3n) is 3.73. The maximum absolute atomic E-state index is 12.0. The van der Waals surface area contributed by atoms with Crippen molar-refractivity contribution in [2.75, 3.05) is 6.54 Å². The molecule has 1 aromatic rings. The summed E-state index contributed by atoms with van der Waals surface area (Å²) in [5, 5.41) is 2.89. The standard InChI is InChI=1S/C14H16N2O3/c17-13-8-12-11(15-13)6-7-16(12)14(18)19-9-10-4-2-1-3-5-10/h1-5,11-12H,6-9H2,(H,15,17)/t11-,12-/m1/s1. The van der Waals surface area contributed by atoms with E-state index in [0.29, 0.717) is 13.0 Å². The molecule has 3 rings (SSSR count). The highest BCUT2D eigenvalue weighted by atomic mass is 16.6. The summed E-state index contributed by atoms with van der Waals surface area (Å²) in [6.45, 7) is 0.929. The summed E-state index contributed by atoms with van der Waals surface area (Å²) >= 11 is 0. The summed E-state index contributed by atoms with van der Waals surface area (Å²) in [4.78, 5) is 25.0. The van der Waals surface area contributed by atoms with Crippen molar-refractivity contribution in [1.82, 2.24) is 10.2 Å². The Morgan fingerprint density at radius 2 is 2.16 bits per heavy atom. The third-order valence-corrected chi connectivity index (χ3v) is 3.73. The number of nitrogens with zero attached hydrogens (tertiary/aromatic N) is 1. The predicted molar refractivity (Wildman–Crippen MR) is 68.3 cm³/mol. The van der Waals surface area contributed by atoms with Gasteiger partial charge in [0.2, 0.25) is 5.91 Å². The quantitative estimate of drug-likeness (QED) is 0.871. The van der Waals surface area contributed by atoms with Crippen LogP contribution < -0.4 is 5.32 Å². The smallest absolute Gasteiger partial charge is 0.410 e. The molecule has 0 aromatic heterocycles. The lowest BCUT2D eigenvalue weighted by Crippen LogP contribution is -2.38.